The number of piperazine rings is 1. The summed E-state index contributed by atoms with van der Waals surface area (Å²) in [4.78, 5) is 28.3. The van der Waals surface area contributed by atoms with Gasteiger partial charge in [-0.05, 0) is 55.0 Å². The Balaban J connectivity index is 1.51. The second kappa shape index (κ2) is 10.2. The molecule has 0 bridgehead atoms. The molecule has 3 rings (SSSR count). The molecule has 2 aromatic rings. The van der Waals surface area contributed by atoms with Crippen LogP contribution in [0.4, 0.5) is 15.8 Å². The highest BCUT2D eigenvalue weighted by Gasteiger charge is 2.20. The lowest BCUT2D eigenvalue weighted by atomic mass is 10.2. The molecule has 8 heteroatoms. The summed E-state index contributed by atoms with van der Waals surface area (Å²) in [5.74, 6) is -0.973. The molecule has 1 saturated heterocycles. The van der Waals surface area contributed by atoms with Gasteiger partial charge in [-0.15, -0.1) is 0 Å². The second-order valence-corrected chi connectivity index (χ2v) is 7.46. The summed E-state index contributed by atoms with van der Waals surface area (Å²) in [7, 11) is 0. The van der Waals surface area contributed by atoms with Crippen LogP contribution in [0.15, 0.2) is 48.5 Å². The molecule has 6 nitrogen and oxygen atoms in total. The molecule has 0 aliphatic carbocycles. The van der Waals surface area contributed by atoms with Gasteiger partial charge in [0.25, 0.3) is 5.91 Å². The highest BCUT2D eigenvalue weighted by atomic mass is 32.1. The minimum Gasteiger partial charge on any atom is -0.368 e. The van der Waals surface area contributed by atoms with Crippen LogP contribution < -0.4 is 15.5 Å². The van der Waals surface area contributed by atoms with Crippen molar-refractivity contribution in [2.45, 2.75) is 19.8 Å². The quantitative estimate of drug-likeness (QED) is 0.715. The zero-order chi connectivity index (χ0) is 21.5. The van der Waals surface area contributed by atoms with Crippen LogP contribution in [0.3, 0.4) is 0 Å². The number of anilines is 2. The number of halogens is 1. The van der Waals surface area contributed by atoms with E-state index in [-0.39, 0.29) is 16.6 Å². The molecule has 0 atom stereocenters. The topological polar surface area (TPSA) is 64.7 Å². The van der Waals surface area contributed by atoms with Gasteiger partial charge in [-0.25, -0.2) is 4.39 Å². The van der Waals surface area contributed by atoms with Gasteiger partial charge in [0.1, 0.15) is 5.82 Å². The van der Waals surface area contributed by atoms with Gasteiger partial charge in [0.15, 0.2) is 5.11 Å². The number of hydrogen-bond acceptors (Lipinski definition) is 4. The summed E-state index contributed by atoms with van der Waals surface area (Å²) < 4.78 is 13.7. The Morgan fingerprint density at radius 2 is 1.70 bits per heavy atom. The summed E-state index contributed by atoms with van der Waals surface area (Å²) >= 11 is 5.16. The Kier molecular flexibility index (Phi) is 7.35. The molecule has 30 heavy (non-hydrogen) atoms. The molecule has 0 radical (unpaired) electrons. The van der Waals surface area contributed by atoms with Crippen LogP contribution >= 0.6 is 12.2 Å². The number of rotatable bonds is 5. The number of benzene rings is 2. The van der Waals surface area contributed by atoms with Crippen molar-refractivity contribution in [2.24, 2.45) is 0 Å². The number of carbonyl (C=O) groups excluding carboxylic acids is 2. The Morgan fingerprint density at radius 3 is 2.33 bits per heavy atom. The van der Waals surface area contributed by atoms with Crippen LogP contribution in [0.5, 0.6) is 0 Å². The summed E-state index contributed by atoms with van der Waals surface area (Å²) in [6.07, 6.45) is 1.48. The summed E-state index contributed by atoms with van der Waals surface area (Å²) in [5, 5.41) is 5.51. The smallest absolute Gasteiger partial charge is 0.260 e. The van der Waals surface area contributed by atoms with Crippen molar-refractivity contribution >= 4 is 40.5 Å². The van der Waals surface area contributed by atoms with Crippen molar-refractivity contribution in [3.05, 3.63) is 59.9 Å². The van der Waals surface area contributed by atoms with E-state index in [1.165, 1.54) is 18.2 Å². The van der Waals surface area contributed by atoms with Crippen LogP contribution in [0.25, 0.3) is 0 Å². The SMILES string of the molecule is CCCC(=O)N1CCN(c2ccc(NC(=S)NC(=O)c3ccccc3F)cc2)CC1. The number of hydrogen-bond donors (Lipinski definition) is 2. The van der Waals surface area contributed by atoms with Gasteiger partial charge in [0.05, 0.1) is 5.56 Å². The first-order valence-corrected chi connectivity index (χ1v) is 10.4. The maximum absolute atomic E-state index is 13.7. The van der Waals surface area contributed by atoms with Crippen molar-refractivity contribution in [1.82, 2.24) is 10.2 Å². The fraction of sp³-hybridized carbons (Fsp3) is 0.318. The Labute approximate surface area is 181 Å². The van der Waals surface area contributed by atoms with E-state index in [2.05, 4.69) is 15.5 Å². The first kappa shape index (κ1) is 21.7. The highest BCUT2D eigenvalue weighted by Crippen LogP contribution is 2.20. The van der Waals surface area contributed by atoms with Crippen molar-refractivity contribution in [3.8, 4) is 0 Å². The van der Waals surface area contributed by atoms with E-state index < -0.39 is 11.7 Å². The zero-order valence-electron chi connectivity index (χ0n) is 16.9. The lowest BCUT2D eigenvalue weighted by Crippen LogP contribution is -2.48. The van der Waals surface area contributed by atoms with Crippen molar-refractivity contribution in [2.75, 3.05) is 36.4 Å². The van der Waals surface area contributed by atoms with Gasteiger partial charge in [0, 0.05) is 44.0 Å². The fourth-order valence-electron chi connectivity index (χ4n) is 3.32. The Morgan fingerprint density at radius 1 is 1.03 bits per heavy atom. The van der Waals surface area contributed by atoms with Crippen LogP contribution in [-0.4, -0.2) is 48.0 Å². The van der Waals surface area contributed by atoms with Crippen LogP contribution in [0, 0.1) is 5.82 Å². The third-order valence-electron chi connectivity index (χ3n) is 4.93. The van der Waals surface area contributed by atoms with Gasteiger partial charge in [0.2, 0.25) is 5.91 Å². The first-order chi connectivity index (χ1) is 14.5. The molecule has 2 amide bonds. The van der Waals surface area contributed by atoms with E-state index >= 15 is 0 Å². The number of thiocarbonyl (C=S) groups is 1. The lowest BCUT2D eigenvalue weighted by Gasteiger charge is -2.36. The summed E-state index contributed by atoms with van der Waals surface area (Å²) in [5.41, 5.74) is 1.72. The molecule has 0 spiro atoms. The van der Waals surface area contributed by atoms with Gasteiger partial charge in [-0.1, -0.05) is 19.1 Å². The monoisotopic (exact) mass is 428 g/mol. The minimum absolute atomic E-state index is 0.0615. The van der Waals surface area contributed by atoms with Gasteiger partial charge < -0.3 is 15.1 Å². The fourth-order valence-corrected chi connectivity index (χ4v) is 3.53. The van der Waals surface area contributed by atoms with Crippen molar-refractivity contribution in [3.63, 3.8) is 0 Å². The maximum atomic E-state index is 13.7. The van der Waals surface area contributed by atoms with Gasteiger partial charge in [-0.2, -0.15) is 0 Å². The predicted molar refractivity (Wildman–Crippen MR) is 120 cm³/mol. The van der Waals surface area contributed by atoms with Crippen LogP contribution in [0.2, 0.25) is 0 Å². The molecule has 158 valence electrons. The van der Waals surface area contributed by atoms with Crippen molar-refractivity contribution < 1.29 is 14.0 Å². The molecule has 1 aliphatic rings. The van der Waals surface area contributed by atoms with E-state index in [1.807, 2.05) is 36.1 Å². The summed E-state index contributed by atoms with van der Waals surface area (Å²) in [6.45, 7) is 5.05. The predicted octanol–water partition coefficient (Wildman–Crippen LogP) is 3.40. The van der Waals surface area contributed by atoms with Crippen molar-refractivity contribution in [1.29, 1.82) is 0 Å². The van der Waals surface area contributed by atoms with Gasteiger partial charge >= 0.3 is 0 Å². The van der Waals surface area contributed by atoms with E-state index in [0.29, 0.717) is 12.1 Å². The number of nitrogens with zero attached hydrogens (tertiary/aromatic N) is 2. The van der Waals surface area contributed by atoms with E-state index in [9.17, 15) is 14.0 Å². The highest BCUT2D eigenvalue weighted by molar-refractivity contribution is 7.80. The number of amides is 2. The molecule has 1 heterocycles. The molecule has 0 aromatic heterocycles. The zero-order valence-corrected chi connectivity index (χ0v) is 17.7. The average Bonchev–Trinajstić information content (AvgIpc) is 2.75. The largest absolute Gasteiger partial charge is 0.368 e. The molecule has 2 N–H and O–H groups in total. The molecule has 2 aromatic carbocycles. The number of carbonyl (C=O) groups is 2. The molecule has 1 fully saturated rings. The minimum atomic E-state index is -0.599. The first-order valence-electron chi connectivity index (χ1n) is 9.97. The lowest BCUT2D eigenvalue weighted by molar-refractivity contribution is -0.131. The van der Waals surface area contributed by atoms with Crippen LogP contribution in [-0.2, 0) is 4.79 Å². The summed E-state index contributed by atoms with van der Waals surface area (Å²) in [6, 6.07) is 13.4. The van der Waals surface area contributed by atoms with Crippen LogP contribution in [0.1, 0.15) is 30.1 Å². The average molecular weight is 429 g/mol. The molecular formula is C22H25FN4O2S. The van der Waals surface area contributed by atoms with E-state index in [4.69, 9.17) is 12.2 Å². The van der Waals surface area contributed by atoms with E-state index in [1.54, 1.807) is 6.07 Å². The normalized spacial score (nSPS) is 13.7. The second-order valence-electron chi connectivity index (χ2n) is 7.05. The molecule has 0 saturated carbocycles. The standard InChI is InChI=1S/C22H25FN4O2S/c1-2-5-20(28)27-14-12-26(13-15-27)17-10-8-16(9-11-17)24-22(30)25-21(29)18-6-3-4-7-19(18)23/h3-4,6-11H,2,5,12-15H2,1H3,(H2,24,25,29,30). The third kappa shape index (κ3) is 5.54. The van der Waals surface area contributed by atoms with Gasteiger partial charge in [-0.3, -0.25) is 14.9 Å². The number of nitrogens with one attached hydrogen (secondary N) is 2. The third-order valence-corrected chi connectivity index (χ3v) is 5.14. The maximum Gasteiger partial charge on any atom is 0.260 e. The molecule has 1 aliphatic heterocycles. The Hall–Kier alpha value is -3.00. The van der Waals surface area contributed by atoms with E-state index in [0.717, 1.165) is 38.3 Å². The molecular weight excluding hydrogens is 403 g/mol. The Bertz CT molecular complexity index is 912. The molecule has 0 unspecified atom stereocenters.